The van der Waals surface area contributed by atoms with E-state index in [0.717, 1.165) is 11.8 Å². The molecule has 0 aromatic rings. The normalized spacial score (nSPS) is 28.0. The van der Waals surface area contributed by atoms with Crippen molar-refractivity contribution in [1.29, 1.82) is 5.26 Å². The standard InChI is InChI=1S/C16H23N3O3/c1-10(14-7-11-2-3-12(14)6-11)19-9-13(8-17)16(22)18-5-4-15(20)21/h9-12,14,19H,2-7H2,1H3,(H,18,22)(H,20,21)/b13-9-. The summed E-state index contributed by atoms with van der Waals surface area (Å²) >= 11 is 0. The van der Waals surface area contributed by atoms with E-state index in [1.54, 1.807) is 0 Å². The zero-order valence-corrected chi connectivity index (χ0v) is 12.8. The first-order chi connectivity index (χ1) is 10.5. The molecule has 120 valence electrons. The Balaban J connectivity index is 1.82. The van der Waals surface area contributed by atoms with Crippen LogP contribution in [0.4, 0.5) is 0 Å². The number of amides is 1. The number of fused-ring (bicyclic) bond motifs is 2. The third kappa shape index (κ3) is 4.00. The molecule has 6 heteroatoms. The van der Waals surface area contributed by atoms with Crippen molar-refractivity contribution in [1.82, 2.24) is 10.6 Å². The van der Waals surface area contributed by atoms with Crippen molar-refractivity contribution in [2.45, 2.75) is 45.1 Å². The number of nitriles is 1. The Bertz CT molecular complexity index is 509. The van der Waals surface area contributed by atoms with Gasteiger partial charge in [-0.1, -0.05) is 6.42 Å². The second-order valence-electron chi connectivity index (χ2n) is 6.36. The first kappa shape index (κ1) is 16.3. The summed E-state index contributed by atoms with van der Waals surface area (Å²) in [4.78, 5) is 22.2. The SMILES string of the molecule is CC(N/C=C(/C#N)C(=O)NCCC(=O)O)C1CC2CCC1C2. The highest BCUT2D eigenvalue weighted by Gasteiger charge is 2.41. The van der Waals surface area contributed by atoms with Gasteiger partial charge in [-0.05, 0) is 43.9 Å². The van der Waals surface area contributed by atoms with Crippen molar-refractivity contribution in [3.05, 3.63) is 11.8 Å². The fourth-order valence-electron chi connectivity index (χ4n) is 3.77. The second-order valence-corrected chi connectivity index (χ2v) is 6.36. The van der Waals surface area contributed by atoms with E-state index in [1.807, 2.05) is 6.07 Å². The number of carbonyl (C=O) groups is 2. The van der Waals surface area contributed by atoms with Crippen LogP contribution >= 0.6 is 0 Å². The molecule has 4 atom stereocenters. The van der Waals surface area contributed by atoms with E-state index < -0.39 is 11.9 Å². The number of aliphatic carboxylic acids is 1. The first-order valence-electron chi connectivity index (χ1n) is 7.87. The van der Waals surface area contributed by atoms with E-state index in [4.69, 9.17) is 10.4 Å². The quantitative estimate of drug-likeness (QED) is 0.487. The molecule has 0 aromatic carbocycles. The van der Waals surface area contributed by atoms with Crippen molar-refractivity contribution < 1.29 is 14.7 Å². The minimum atomic E-state index is -0.981. The third-order valence-electron chi connectivity index (χ3n) is 4.92. The molecule has 0 aromatic heterocycles. The van der Waals surface area contributed by atoms with Crippen molar-refractivity contribution in [2.24, 2.45) is 17.8 Å². The number of nitrogens with zero attached hydrogens (tertiary/aromatic N) is 1. The average Bonchev–Trinajstić information content (AvgIpc) is 3.10. The van der Waals surface area contributed by atoms with Crippen molar-refractivity contribution >= 4 is 11.9 Å². The minimum Gasteiger partial charge on any atom is -0.481 e. The van der Waals surface area contributed by atoms with Gasteiger partial charge in [0.2, 0.25) is 0 Å². The second kappa shape index (κ2) is 7.30. The first-order valence-corrected chi connectivity index (χ1v) is 7.87. The van der Waals surface area contributed by atoms with Gasteiger partial charge in [-0.2, -0.15) is 5.26 Å². The summed E-state index contributed by atoms with van der Waals surface area (Å²) in [6.45, 7) is 2.12. The van der Waals surface area contributed by atoms with Crippen LogP contribution in [0.2, 0.25) is 0 Å². The Kier molecular flexibility index (Phi) is 5.42. The van der Waals surface area contributed by atoms with E-state index in [0.29, 0.717) is 5.92 Å². The van der Waals surface area contributed by atoms with Gasteiger partial charge in [-0.15, -0.1) is 0 Å². The summed E-state index contributed by atoms with van der Waals surface area (Å²) in [5.74, 6) is 0.737. The molecule has 2 saturated carbocycles. The molecule has 6 nitrogen and oxygen atoms in total. The molecule has 0 heterocycles. The lowest BCUT2D eigenvalue weighted by atomic mass is 9.84. The van der Waals surface area contributed by atoms with Crippen molar-refractivity contribution in [3.8, 4) is 6.07 Å². The molecule has 0 spiro atoms. The maximum atomic E-state index is 11.8. The molecule has 4 unspecified atom stereocenters. The minimum absolute atomic E-state index is 0.0135. The Hall–Kier alpha value is -2.03. The van der Waals surface area contributed by atoms with E-state index in [-0.39, 0.29) is 24.6 Å². The Morgan fingerprint density at radius 1 is 1.41 bits per heavy atom. The highest BCUT2D eigenvalue weighted by Crippen LogP contribution is 2.49. The summed E-state index contributed by atoms with van der Waals surface area (Å²) in [6.07, 6.45) is 6.51. The highest BCUT2D eigenvalue weighted by atomic mass is 16.4. The maximum absolute atomic E-state index is 11.8. The molecular formula is C16H23N3O3. The Morgan fingerprint density at radius 2 is 2.18 bits per heavy atom. The smallest absolute Gasteiger partial charge is 0.305 e. The van der Waals surface area contributed by atoms with E-state index in [9.17, 15) is 9.59 Å². The van der Waals surface area contributed by atoms with Crippen LogP contribution in [0.15, 0.2) is 11.8 Å². The Morgan fingerprint density at radius 3 is 2.73 bits per heavy atom. The van der Waals surface area contributed by atoms with Gasteiger partial charge in [-0.25, -0.2) is 0 Å². The van der Waals surface area contributed by atoms with Gasteiger partial charge < -0.3 is 15.7 Å². The molecule has 2 rings (SSSR count). The van der Waals surface area contributed by atoms with Gasteiger partial charge in [0.15, 0.2) is 0 Å². The highest BCUT2D eigenvalue weighted by molar-refractivity contribution is 5.97. The zero-order chi connectivity index (χ0) is 16.1. The summed E-state index contributed by atoms with van der Waals surface area (Å²) in [5, 5.41) is 23.2. The van der Waals surface area contributed by atoms with Crippen molar-refractivity contribution in [3.63, 3.8) is 0 Å². The largest absolute Gasteiger partial charge is 0.481 e. The lowest BCUT2D eigenvalue weighted by Gasteiger charge is -2.28. The number of rotatable bonds is 7. The van der Waals surface area contributed by atoms with Crippen LogP contribution < -0.4 is 10.6 Å². The molecule has 0 saturated heterocycles. The van der Waals surface area contributed by atoms with Gasteiger partial charge >= 0.3 is 5.97 Å². The monoisotopic (exact) mass is 305 g/mol. The van der Waals surface area contributed by atoms with Crippen LogP contribution in [0, 0.1) is 29.1 Å². The third-order valence-corrected chi connectivity index (χ3v) is 4.92. The number of nitrogens with one attached hydrogen (secondary N) is 2. The van der Waals surface area contributed by atoms with Gasteiger partial charge in [0.25, 0.3) is 5.91 Å². The van der Waals surface area contributed by atoms with E-state index >= 15 is 0 Å². The van der Waals surface area contributed by atoms with Crippen LogP contribution in [0.1, 0.15) is 39.0 Å². The van der Waals surface area contributed by atoms with Crippen LogP contribution in [0.3, 0.4) is 0 Å². The fourth-order valence-corrected chi connectivity index (χ4v) is 3.77. The van der Waals surface area contributed by atoms with Gasteiger partial charge in [0, 0.05) is 18.8 Å². The molecule has 0 aliphatic heterocycles. The number of hydrogen-bond donors (Lipinski definition) is 3. The van der Waals surface area contributed by atoms with Crippen molar-refractivity contribution in [2.75, 3.05) is 6.54 Å². The maximum Gasteiger partial charge on any atom is 0.305 e. The molecule has 2 aliphatic carbocycles. The van der Waals surface area contributed by atoms with Gasteiger partial charge in [0.05, 0.1) is 6.42 Å². The van der Waals surface area contributed by atoms with Crippen LogP contribution in [0.25, 0.3) is 0 Å². The van der Waals surface area contributed by atoms with Crippen LogP contribution in [-0.2, 0) is 9.59 Å². The summed E-state index contributed by atoms with van der Waals surface area (Å²) in [5.41, 5.74) is -0.0135. The van der Waals surface area contributed by atoms with Gasteiger partial charge in [-0.3, -0.25) is 9.59 Å². The number of carbonyl (C=O) groups excluding carboxylic acids is 1. The number of hydrogen-bond acceptors (Lipinski definition) is 4. The molecule has 2 fully saturated rings. The molecule has 22 heavy (non-hydrogen) atoms. The van der Waals surface area contributed by atoms with Crippen LogP contribution in [-0.4, -0.2) is 29.6 Å². The van der Waals surface area contributed by atoms with E-state index in [1.165, 1.54) is 31.9 Å². The summed E-state index contributed by atoms with van der Waals surface area (Å²) < 4.78 is 0. The molecule has 1 amide bonds. The predicted octanol–water partition coefficient (Wildman–Crippen LogP) is 1.40. The lowest BCUT2D eigenvalue weighted by Crippen LogP contribution is -2.34. The molecule has 2 aliphatic rings. The van der Waals surface area contributed by atoms with E-state index in [2.05, 4.69) is 17.6 Å². The molecule has 2 bridgehead atoms. The topological polar surface area (TPSA) is 102 Å². The number of carboxylic acids is 1. The predicted molar refractivity (Wildman–Crippen MR) is 80.5 cm³/mol. The van der Waals surface area contributed by atoms with Gasteiger partial charge in [0.1, 0.15) is 11.6 Å². The molecular weight excluding hydrogens is 282 g/mol. The molecule has 3 N–H and O–H groups in total. The average molecular weight is 305 g/mol. The zero-order valence-electron chi connectivity index (χ0n) is 12.8. The number of carboxylic acid groups (broad SMARTS) is 1. The molecule has 0 radical (unpaired) electrons. The lowest BCUT2D eigenvalue weighted by molar-refractivity contribution is -0.136. The summed E-state index contributed by atoms with van der Waals surface area (Å²) in [6, 6.07) is 2.10. The van der Waals surface area contributed by atoms with Crippen LogP contribution in [0.5, 0.6) is 0 Å². The summed E-state index contributed by atoms with van der Waals surface area (Å²) in [7, 11) is 0. The Labute approximate surface area is 130 Å². The fraction of sp³-hybridized carbons (Fsp3) is 0.688.